The van der Waals surface area contributed by atoms with E-state index < -0.39 is 27.4 Å². The quantitative estimate of drug-likeness (QED) is 0.767. The summed E-state index contributed by atoms with van der Waals surface area (Å²) in [5.41, 5.74) is 0.878. The van der Waals surface area contributed by atoms with Gasteiger partial charge in [-0.1, -0.05) is 0 Å². The van der Waals surface area contributed by atoms with E-state index in [4.69, 9.17) is 19.3 Å². The lowest BCUT2D eigenvalue weighted by molar-refractivity contribution is 0.0466. The van der Waals surface area contributed by atoms with E-state index in [1.54, 1.807) is 19.1 Å². The highest BCUT2D eigenvalue weighted by Gasteiger charge is 2.19. The highest BCUT2D eigenvalue weighted by Crippen LogP contribution is 2.30. The van der Waals surface area contributed by atoms with Gasteiger partial charge in [0.2, 0.25) is 10.0 Å². The number of hydrogen-bond donors (Lipinski definition) is 1. The number of primary sulfonamides is 1. The average Bonchev–Trinajstić information content (AvgIpc) is 2.59. The summed E-state index contributed by atoms with van der Waals surface area (Å²) in [6.07, 6.45) is 0. The molecule has 0 aliphatic rings. The molecule has 2 N–H and O–H groups in total. The van der Waals surface area contributed by atoms with Crippen LogP contribution in [0.1, 0.15) is 21.5 Å². The summed E-state index contributed by atoms with van der Waals surface area (Å²) in [6, 6.07) is 6.01. The summed E-state index contributed by atoms with van der Waals surface area (Å²) in [6.45, 7) is 1.62. The van der Waals surface area contributed by atoms with Crippen LogP contribution in [0.3, 0.4) is 0 Å². The van der Waals surface area contributed by atoms with Gasteiger partial charge in [-0.3, -0.25) is 0 Å². The molecular formula is C17H18FNO6S. The fraction of sp³-hybridized carbons (Fsp3) is 0.235. The molecule has 0 aliphatic heterocycles. The number of carbonyl (C=O) groups is 1. The van der Waals surface area contributed by atoms with Crippen molar-refractivity contribution in [2.24, 2.45) is 5.14 Å². The van der Waals surface area contributed by atoms with Gasteiger partial charge in [-0.05, 0) is 48.4 Å². The smallest absolute Gasteiger partial charge is 0.341 e. The van der Waals surface area contributed by atoms with E-state index in [1.165, 1.54) is 14.2 Å². The van der Waals surface area contributed by atoms with Gasteiger partial charge in [0, 0.05) is 0 Å². The predicted molar refractivity (Wildman–Crippen MR) is 91.2 cm³/mol. The Bertz CT molecular complexity index is 943. The first kappa shape index (κ1) is 19.7. The SMILES string of the molecule is COc1cc(C)c(COC(=O)c2cc(S(N)(=O)=O)ccc2F)cc1OC. The number of nitrogens with two attached hydrogens (primary N) is 1. The largest absolute Gasteiger partial charge is 0.493 e. The van der Waals surface area contributed by atoms with E-state index in [2.05, 4.69) is 0 Å². The number of carbonyl (C=O) groups excluding carboxylic acids is 1. The maximum absolute atomic E-state index is 13.9. The third-order valence-corrected chi connectivity index (χ3v) is 4.60. The Morgan fingerprint density at radius 2 is 1.73 bits per heavy atom. The number of esters is 1. The fourth-order valence-electron chi connectivity index (χ4n) is 2.24. The molecule has 0 bridgehead atoms. The van der Waals surface area contributed by atoms with E-state index in [-0.39, 0.29) is 11.5 Å². The first-order valence-corrected chi connectivity index (χ1v) is 8.93. The average molecular weight is 383 g/mol. The first-order valence-electron chi connectivity index (χ1n) is 7.38. The van der Waals surface area contributed by atoms with Crippen LogP contribution in [0, 0.1) is 12.7 Å². The van der Waals surface area contributed by atoms with Crippen molar-refractivity contribution in [3.05, 3.63) is 52.8 Å². The van der Waals surface area contributed by atoms with E-state index in [0.29, 0.717) is 17.1 Å². The molecule has 0 atom stereocenters. The number of rotatable bonds is 6. The van der Waals surface area contributed by atoms with Crippen molar-refractivity contribution < 1.29 is 31.8 Å². The second kappa shape index (κ2) is 7.71. The Kier molecular flexibility index (Phi) is 5.83. The molecule has 2 aromatic carbocycles. The second-order valence-electron chi connectivity index (χ2n) is 5.40. The van der Waals surface area contributed by atoms with Crippen LogP contribution >= 0.6 is 0 Å². The van der Waals surface area contributed by atoms with Crippen LogP contribution in [-0.2, 0) is 21.4 Å². The number of hydrogen-bond acceptors (Lipinski definition) is 6. The number of benzene rings is 2. The van der Waals surface area contributed by atoms with Crippen molar-refractivity contribution in [1.29, 1.82) is 0 Å². The molecule has 0 amide bonds. The maximum atomic E-state index is 13.9. The zero-order chi connectivity index (χ0) is 19.5. The standard InChI is InChI=1S/C17H18FNO6S/c1-10-6-15(23-2)16(24-3)7-11(10)9-25-17(20)13-8-12(26(19,21)22)4-5-14(13)18/h4-8H,9H2,1-3H3,(H2,19,21,22). The maximum Gasteiger partial charge on any atom is 0.341 e. The summed E-state index contributed by atoms with van der Waals surface area (Å²) in [7, 11) is -1.10. The number of aryl methyl sites for hydroxylation is 1. The minimum atomic E-state index is -4.07. The molecule has 0 unspecified atom stereocenters. The van der Waals surface area contributed by atoms with Crippen molar-refractivity contribution in [1.82, 2.24) is 0 Å². The van der Waals surface area contributed by atoms with Crippen LogP contribution in [0.4, 0.5) is 4.39 Å². The van der Waals surface area contributed by atoms with Crippen LogP contribution in [-0.4, -0.2) is 28.6 Å². The van der Waals surface area contributed by atoms with Crippen LogP contribution in [0.15, 0.2) is 35.2 Å². The van der Waals surface area contributed by atoms with Gasteiger partial charge in [0.25, 0.3) is 0 Å². The number of methoxy groups -OCH3 is 2. The molecule has 2 rings (SSSR count). The Morgan fingerprint density at radius 1 is 1.12 bits per heavy atom. The molecule has 9 heteroatoms. The molecule has 0 heterocycles. The molecule has 0 spiro atoms. The van der Waals surface area contributed by atoms with E-state index in [9.17, 15) is 17.6 Å². The normalized spacial score (nSPS) is 11.1. The van der Waals surface area contributed by atoms with Crippen LogP contribution in [0.5, 0.6) is 11.5 Å². The Hall–Kier alpha value is -2.65. The second-order valence-corrected chi connectivity index (χ2v) is 6.96. The van der Waals surface area contributed by atoms with E-state index >= 15 is 0 Å². The Morgan fingerprint density at radius 3 is 2.31 bits per heavy atom. The van der Waals surface area contributed by atoms with Crippen LogP contribution < -0.4 is 14.6 Å². The highest BCUT2D eigenvalue weighted by atomic mass is 32.2. The number of ether oxygens (including phenoxy) is 3. The van der Waals surface area contributed by atoms with Crippen LogP contribution in [0.25, 0.3) is 0 Å². The zero-order valence-electron chi connectivity index (χ0n) is 14.4. The van der Waals surface area contributed by atoms with Gasteiger partial charge in [-0.2, -0.15) is 0 Å². The van der Waals surface area contributed by atoms with Crippen molar-refractivity contribution in [2.45, 2.75) is 18.4 Å². The summed E-state index contributed by atoms with van der Waals surface area (Å²) >= 11 is 0. The van der Waals surface area contributed by atoms with E-state index in [0.717, 1.165) is 23.8 Å². The van der Waals surface area contributed by atoms with Gasteiger partial charge in [0.1, 0.15) is 12.4 Å². The first-order chi connectivity index (χ1) is 12.2. The van der Waals surface area contributed by atoms with Gasteiger partial charge in [-0.25, -0.2) is 22.7 Å². The monoisotopic (exact) mass is 383 g/mol. The van der Waals surface area contributed by atoms with Crippen LogP contribution in [0.2, 0.25) is 0 Å². The van der Waals surface area contributed by atoms with Gasteiger partial charge in [0.15, 0.2) is 11.5 Å². The zero-order valence-corrected chi connectivity index (χ0v) is 15.2. The molecule has 0 saturated heterocycles. The molecule has 140 valence electrons. The van der Waals surface area contributed by atoms with Crippen molar-refractivity contribution in [3.8, 4) is 11.5 Å². The molecule has 2 aromatic rings. The van der Waals surface area contributed by atoms with Crippen molar-refractivity contribution >= 4 is 16.0 Å². The summed E-state index contributed by atoms with van der Waals surface area (Å²) in [5.74, 6) is -0.952. The van der Waals surface area contributed by atoms with E-state index in [1.807, 2.05) is 0 Å². The highest BCUT2D eigenvalue weighted by molar-refractivity contribution is 7.89. The third kappa shape index (κ3) is 4.30. The minimum absolute atomic E-state index is 0.163. The topological polar surface area (TPSA) is 105 Å². The summed E-state index contributed by atoms with van der Waals surface area (Å²) in [5, 5.41) is 4.99. The number of sulfonamides is 1. The van der Waals surface area contributed by atoms with Gasteiger partial charge >= 0.3 is 5.97 Å². The fourth-order valence-corrected chi connectivity index (χ4v) is 2.78. The predicted octanol–water partition coefficient (Wildman–Crippen LogP) is 2.16. The molecule has 0 radical (unpaired) electrons. The third-order valence-electron chi connectivity index (χ3n) is 3.69. The lowest BCUT2D eigenvalue weighted by Crippen LogP contribution is -2.15. The lowest BCUT2D eigenvalue weighted by atomic mass is 10.1. The summed E-state index contributed by atoms with van der Waals surface area (Å²) in [4.78, 5) is 11.8. The van der Waals surface area contributed by atoms with Gasteiger partial charge < -0.3 is 14.2 Å². The van der Waals surface area contributed by atoms with Gasteiger partial charge in [0.05, 0.1) is 24.7 Å². The molecular weight excluding hydrogens is 365 g/mol. The Labute approximate surface area is 150 Å². The lowest BCUT2D eigenvalue weighted by Gasteiger charge is -2.13. The molecule has 7 nitrogen and oxygen atoms in total. The van der Waals surface area contributed by atoms with Crippen molar-refractivity contribution in [2.75, 3.05) is 14.2 Å². The minimum Gasteiger partial charge on any atom is -0.493 e. The molecule has 0 fully saturated rings. The molecule has 26 heavy (non-hydrogen) atoms. The van der Waals surface area contributed by atoms with Gasteiger partial charge in [-0.15, -0.1) is 0 Å². The molecule has 0 aliphatic carbocycles. The van der Waals surface area contributed by atoms with Crippen molar-refractivity contribution in [3.63, 3.8) is 0 Å². The Balaban J connectivity index is 2.24. The molecule has 0 saturated carbocycles. The molecule has 0 aromatic heterocycles. The number of halogens is 1. The summed E-state index contributed by atoms with van der Waals surface area (Å²) < 4.78 is 52.0.